The molecule has 2 aliphatic heterocycles. The Bertz CT molecular complexity index is 537. The van der Waals surface area contributed by atoms with E-state index in [0.29, 0.717) is 0 Å². The fourth-order valence-corrected chi connectivity index (χ4v) is 3.56. The third-order valence-electron chi connectivity index (χ3n) is 4.91. The molecule has 1 aromatic rings. The monoisotopic (exact) mass is 301 g/mol. The number of carbonyl (C=O) groups is 1. The van der Waals surface area contributed by atoms with Crippen LogP contribution in [0.1, 0.15) is 29.3 Å². The van der Waals surface area contributed by atoms with Crippen molar-refractivity contribution in [1.82, 2.24) is 10.2 Å². The van der Waals surface area contributed by atoms with Crippen LogP contribution in [0.25, 0.3) is 0 Å². The zero-order valence-corrected chi connectivity index (χ0v) is 13.8. The highest BCUT2D eigenvalue weighted by atomic mass is 16.1. The zero-order chi connectivity index (χ0) is 15.5. The van der Waals surface area contributed by atoms with Crippen molar-refractivity contribution >= 4 is 11.5 Å². The Labute approximate surface area is 133 Å². The number of benzene rings is 1. The maximum atomic E-state index is 12.8. The summed E-state index contributed by atoms with van der Waals surface area (Å²) in [7, 11) is 2.12. The molecule has 0 saturated carbocycles. The molecular weight excluding hydrogens is 274 g/mol. The number of rotatable bonds is 4. The van der Waals surface area contributed by atoms with Gasteiger partial charge in [-0.05, 0) is 24.5 Å². The van der Waals surface area contributed by atoms with E-state index in [9.17, 15) is 4.79 Å². The molecule has 4 heteroatoms. The third-order valence-corrected chi connectivity index (χ3v) is 4.91. The highest BCUT2D eigenvalue weighted by Crippen LogP contribution is 2.28. The van der Waals surface area contributed by atoms with Gasteiger partial charge in [-0.2, -0.15) is 0 Å². The molecule has 2 aliphatic rings. The van der Waals surface area contributed by atoms with Crippen molar-refractivity contribution in [3.8, 4) is 0 Å². The summed E-state index contributed by atoms with van der Waals surface area (Å²) in [6, 6.07) is 6.27. The van der Waals surface area contributed by atoms with E-state index >= 15 is 0 Å². The molecule has 0 aromatic heterocycles. The first-order valence-electron chi connectivity index (χ1n) is 8.46. The minimum absolute atomic E-state index is 0.0602. The molecule has 0 spiro atoms. The van der Waals surface area contributed by atoms with E-state index in [2.05, 4.69) is 41.2 Å². The van der Waals surface area contributed by atoms with Crippen molar-refractivity contribution in [1.29, 1.82) is 0 Å². The van der Waals surface area contributed by atoms with Crippen LogP contribution >= 0.6 is 0 Å². The molecule has 0 radical (unpaired) electrons. The number of nitrogens with zero attached hydrogens (tertiary/aromatic N) is 2. The minimum atomic E-state index is 0.0602. The summed E-state index contributed by atoms with van der Waals surface area (Å²) in [4.78, 5) is 17.4. The normalized spacial score (nSPS) is 20.5. The highest BCUT2D eigenvalue weighted by molar-refractivity contribution is 5.98. The van der Waals surface area contributed by atoms with Crippen molar-refractivity contribution in [2.45, 2.75) is 19.8 Å². The topological polar surface area (TPSA) is 35.6 Å². The molecule has 1 atom stereocenters. The number of piperazine rings is 1. The highest BCUT2D eigenvalue weighted by Gasteiger charge is 2.22. The molecule has 1 N–H and O–H groups in total. The second-order valence-corrected chi connectivity index (χ2v) is 6.68. The molecule has 4 nitrogen and oxygen atoms in total. The maximum absolute atomic E-state index is 12.8. The van der Waals surface area contributed by atoms with E-state index < -0.39 is 0 Å². The average molecular weight is 301 g/mol. The number of anilines is 1. The lowest BCUT2D eigenvalue weighted by molar-refractivity contribution is 0.0887. The lowest BCUT2D eigenvalue weighted by Gasteiger charge is -2.30. The number of carbonyl (C=O) groups excluding carboxylic acids is 1. The summed E-state index contributed by atoms with van der Waals surface area (Å²) in [5, 5.41) is 3.36. The second-order valence-electron chi connectivity index (χ2n) is 6.68. The van der Waals surface area contributed by atoms with Crippen LogP contribution in [0.4, 0.5) is 5.69 Å². The van der Waals surface area contributed by atoms with Gasteiger partial charge >= 0.3 is 0 Å². The molecule has 0 amide bonds. The molecule has 1 unspecified atom stereocenters. The number of nitrogens with one attached hydrogen (secondary N) is 1. The van der Waals surface area contributed by atoms with Gasteiger partial charge in [-0.25, -0.2) is 0 Å². The quantitative estimate of drug-likeness (QED) is 0.860. The first-order valence-corrected chi connectivity index (χ1v) is 8.46. The van der Waals surface area contributed by atoms with Gasteiger partial charge in [0.1, 0.15) is 0 Å². The first kappa shape index (κ1) is 15.5. The lowest BCUT2D eigenvalue weighted by atomic mass is 9.94. The van der Waals surface area contributed by atoms with Gasteiger partial charge in [0.05, 0.1) is 0 Å². The molecule has 0 aliphatic carbocycles. The van der Waals surface area contributed by atoms with Crippen molar-refractivity contribution in [2.75, 3.05) is 51.2 Å². The summed E-state index contributed by atoms with van der Waals surface area (Å²) in [6.07, 6.45) is 2.33. The summed E-state index contributed by atoms with van der Waals surface area (Å²) in [6.45, 7) is 8.17. The number of aryl methyl sites for hydroxylation is 1. The Balaban J connectivity index is 1.70. The van der Waals surface area contributed by atoms with Gasteiger partial charge in [0, 0.05) is 63.5 Å². The van der Waals surface area contributed by atoms with Crippen LogP contribution in [0.3, 0.4) is 0 Å². The van der Waals surface area contributed by atoms with Gasteiger partial charge in [-0.1, -0.05) is 19.1 Å². The zero-order valence-electron chi connectivity index (χ0n) is 13.8. The Hall–Kier alpha value is -1.39. The predicted molar refractivity (Wildman–Crippen MR) is 90.8 cm³/mol. The molecule has 22 heavy (non-hydrogen) atoms. The van der Waals surface area contributed by atoms with E-state index in [-0.39, 0.29) is 11.7 Å². The van der Waals surface area contributed by atoms with Crippen LogP contribution in [0.5, 0.6) is 0 Å². The number of hydrogen-bond acceptors (Lipinski definition) is 4. The smallest absolute Gasteiger partial charge is 0.167 e. The Morgan fingerprint density at radius 1 is 1.27 bits per heavy atom. The summed E-state index contributed by atoms with van der Waals surface area (Å²) >= 11 is 0. The van der Waals surface area contributed by atoms with Crippen molar-refractivity contribution in [2.24, 2.45) is 5.92 Å². The van der Waals surface area contributed by atoms with Crippen LogP contribution in [-0.4, -0.2) is 57.0 Å². The van der Waals surface area contributed by atoms with Crippen LogP contribution in [0.2, 0.25) is 0 Å². The Morgan fingerprint density at radius 2 is 2.05 bits per heavy atom. The SMILES string of the molecule is CC(CN1CCNCC1)C(=O)c1ccc2c(c1)N(C)CCC2. The van der Waals surface area contributed by atoms with Crippen molar-refractivity contribution < 1.29 is 4.79 Å². The third kappa shape index (κ3) is 3.33. The summed E-state index contributed by atoms with van der Waals surface area (Å²) in [5.41, 5.74) is 3.49. The fourth-order valence-electron chi connectivity index (χ4n) is 3.56. The van der Waals surface area contributed by atoms with E-state index in [1.54, 1.807) is 0 Å². The van der Waals surface area contributed by atoms with Gasteiger partial charge in [-0.3, -0.25) is 4.79 Å². The van der Waals surface area contributed by atoms with Gasteiger partial charge in [0.25, 0.3) is 0 Å². The molecular formula is C18H27N3O. The average Bonchev–Trinajstić information content (AvgIpc) is 2.55. The molecule has 2 heterocycles. The molecule has 3 rings (SSSR count). The van der Waals surface area contributed by atoms with E-state index in [1.807, 2.05) is 6.07 Å². The van der Waals surface area contributed by atoms with Gasteiger partial charge < -0.3 is 15.1 Å². The largest absolute Gasteiger partial charge is 0.374 e. The van der Waals surface area contributed by atoms with Crippen molar-refractivity contribution in [3.63, 3.8) is 0 Å². The van der Waals surface area contributed by atoms with Gasteiger partial charge in [-0.15, -0.1) is 0 Å². The summed E-state index contributed by atoms with van der Waals surface area (Å²) in [5.74, 6) is 0.338. The van der Waals surface area contributed by atoms with E-state index in [1.165, 1.54) is 17.7 Å². The number of ketones is 1. The fraction of sp³-hybridized carbons (Fsp3) is 0.611. The minimum Gasteiger partial charge on any atom is -0.374 e. The number of fused-ring (bicyclic) bond motifs is 1. The molecule has 1 saturated heterocycles. The van der Waals surface area contributed by atoms with Gasteiger partial charge in [0.15, 0.2) is 5.78 Å². The van der Waals surface area contributed by atoms with Crippen LogP contribution < -0.4 is 10.2 Å². The first-order chi connectivity index (χ1) is 10.6. The standard InChI is InChI=1S/C18H27N3O/c1-14(13-21-10-7-19-8-11-21)18(22)16-6-5-15-4-3-9-20(2)17(15)12-16/h5-6,12,14,19H,3-4,7-11,13H2,1-2H3. The Kier molecular flexibility index (Phi) is 4.79. The van der Waals surface area contributed by atoms with Crippen LogP contribution in [0.15, 0.2) is 18.2 Å². The lowest BCUT2D eigenvalue weighted by Crippen LogP contribution is -2.45. The van der Waals surface area contributed by atoms with Crippen LogP contribution in [0, 0.1) is 5.92 Å². The second kappa shape index (κ2) is 6.80. The van der Waals surface area contributed by atoms with E-state index in [4.69, 9.17) is 0 Å². The maximum Gasteiger partial charge on any atom is 0.167 e. The Morgan fingerprint density at radius 3 is 2.82 bits per heavy atom. The summed E-state index contributed by atoms with van der Waals surface area (Å²) < 4.78 is 0. The predicted octanol–water partition coefficient (Wildman–Crippen LogP) is 1.79. The molecule has 1 aromatic carbocycles. The number of hydrogen-bond donors (Lipinski definition) is 1. The van der Waals surface area contributed by atoms with Crippen molar-refractivity contribution in [3.05, 3.63) is 29.3 Å². The van der Waals surface area contributed by atoms with Gasteiger partial charge in [0.2, 0.25) is 0 Å². The van der Waals surface area contributed by atoms with E-state index in [0.717, 1.165) is 51.3 Å². The molecule has 1 fully saturated rings. The number of Topliss-reactive ketones (excluding diaryl/α,β-unsaturated/α-hetero) is 1. The molecule has 0 bridgehead atoms. The molecule has 120 valence electrons. The van der Waals surface area contributed by atoms with Crippen LogP contribution in [-0.2, 0) is 6.42 Å².